The molecule has 0 saturated heterocycles. The Kier molecular flexibility index (Phi) is 4.13. The Bertz CT molecular complexity index is 293. The molecule has 3 heteroatoms. The van der Waals surface area contributed by atoms with Gasteiger partial charge in [-0.25, -0.2) is 0 Å². The molecule has 13 heavy (non-hydrogen) atoms. The van der Waals surface area contributed by atoms with Gasteiger partial charge >= 0.3 is 0 Å². The molecule has 0 fully saturated rings. The van der Waals surface area contributed by atoms with E-state index >= 15 is 0 Å². The smallest absolute Gasteiger partial charge is 0.167 e. The molecule has 0 radical (unpaired) electrons. The van der Waals surface area contributed by atoms with E-state index < -0.39 is 0 Å². The van der Waals surface area contributed by atoms with Crippen molar-refractivity contribution in [2.45, 2.75) is 26.7 Å². The van der Waals surface area contributed by atoms with Crippen LogP contribution >= 0.6 is 27.3 Å². The van der Waals surface area contributed by atoms with Crippen molar-refractivity contribution < 1.29 is 4.79 Å². The summed E-state index contributed by atoms with van der Waals surface area (Å²) >= 11 is 4.94. The molecule has 1 rings (SSSR count). The summed E-state index contributed by atoms with van der Waals surface area (Å²) in [7, 11) is 0. The third kappa shape index (κ3) is 2.64. The van der Waals surface area contributed by atoms with E-state index in [1.165, 1.54) is 0 Å². The zero-order chi connectivity index (χ0) is 9.84. The highest BCUT2D eigenvalue weighted by Gasteiger charge is 2.17. The van der Waals surface area contributed by atoms with E-state index in [-0.39, 0.29) is 11.7 Å². The van der Waals surface area contributed by atoms with Crippen molar-refractivity contribution in [3.8, 4) is 0 Å². The van der Waals surface area contributed by atoms with Crippen molar-refractivity contribution in [2.24, 2.45) is 5.92 Å². The predicted molar refractivity (Wildman–Crippen MR) is 60.4 cm³/mol. The maximum absolute atomic E-state index is 11.8. The van der Waals surface area contributed by atoms with Crippen LogP contribution in [0.5, 0.6) is 0 Å². The molecule has 0 bridgehead atoms. The number of carbonyl (C=O) groups is 1. The van der Waals surface area contributed by atoms with Gasteiger partial charge in [-0.2, -0.15) is 11.3 Å². The molecular formula is C10H13BrOS. The zero-order valence-electron chi connectivity index (χ0n) is 7.84. The molecule has 0 aliphatic carbocycles. The number of hydrogen-bond donors (Lipinski definition) is 0. The molecule has 1 nitrogen and oxygen atoms in total. The number of halogens is 1. The lowest BCUT2D eigenvalue weighted by molar-refractivity contribution is 0.0923. The van der Waals surface area contributed by atoms with E-state index in [1.54, 1.807) is 11.3 Å². The number of carbonyl (C=O) groups excluding carboxylic acids is 1. The van der Waals surface area contributed by atoms with Crippen LogP contribution in [0.15, 0.2) is 15.2 Å². The van der Waals surface area contributed by atoms with Crippen LogP contribution in [0.1, 0.15) is 37.0 Å². The van der Waals surface area contributed by atoms with Crippen LogP contribution in [0, 0.1) is 5.92 Å². The second-order valence-corrected chi connectivity index (χ2v) is 4.79. The molecule has 1 atom stereocenters. The lowest BCUT2D eigenvalue weighted by Crippen LogP contribution is -2.10. The first-order valence-corrected chi connectivity index (χ1v) is 6.16. The number of hydrogen-bond acceptors (Lipinski definition) is 2. The summed E-state index contributed by atoms with van der Waals surface area (Å²) in [6.45, 7) is 4.10. The summed E-state index contributed by atoms with van der Waals surface area (Å²) in [5.74, 6) is 0.408. The highest BCUT2D eigenvalue weighted by molar-refractivity contribution is 9.10. The van der Waals surface area contributed by atoms with Gasteiger partial charge in [0.05, 0.1) is 0 Å². The molecular weight excluding hydrogens is 248 g/mol. The van der Waals surface area contributed by atoms with Crippen LogP contribution in [0.25, 0.3) is 0 Å². The maximum Gasteiger partial charge on any atom is 0.167 e. The normalized spacial score (nSPS) is 12.8. The second kappa shape index (κ2) is 4.91. The summed E-state index contributed by atoms with van der Waals surface area (Å²) in [4.78, 5) is 11.8. The number of ketones is 1. The third-order valence-electron chi connectivity index (χ3n) is 2.05. The first-order valence-electron chi connectivity index (χ1n) is 4.42. The number of rotatable bonds is 4. The fourth-order valence-corrected chi connectivity index (χ4v) is 2.77. The SMILES string of the molecule is CCCC(C)C(=O)c1cscc1Br. The van der Waals surface area contributed by atoms with Crippen LogP contribution < -0.4 is 0 Å². The quantitative estimate of drug-likeness (QED) is 0.745. The van der Waals surface area contributed by atoms with Gasteiger partial charge in [0.1, 0.15) is 0 Å². The van der Waals surface area contributed by atoms with Crippen molar-refractivity contribution in [3.05, 3.63) is 20.8 Å². The minimum Gasteiger partial charge on any atom is -0.294 e. The maximum atomic E-state index is 11.8. The predicted octanol–water partition coefficient (Wildman–Crippen LogP) is 4.13. The second-order valence-electron chi connectivity index (χ2n) is 3.19. The van der Waals surface area contributed by atoms with Crippen molar-refractivity contribution in [3.63, 3.8) is 0 Å². The highest BCUT2D eigenvalue weighted by Crippen LogP contribution is 2.25. The Morgan fingerprint density at radius 1 is 1.62 bits per heavy atom. The molecule has 1 aromatic heterocycles. The van der Waals surface area contributed by atoms with Crippen LogP contribution in [0.3, 0.4) is 0 Å². The van der Waals surface area contributed by atoms with Crippen LogP contribution in [-0.2, 0) is 0 Å². The Morgan fingerprint density at radius 3 is 2.77 bits per heavy atom. The van der Waals surface area contributed by atoms with E-state index in [4.69, 9.17) is 0 Å². The van der Waals surface area contributed by atoms with Gasteiger partial charge < -0.3 is 0 Å². The van der Waals surface area contributed by atoms with Crippen molar-refractivity contribution >= 4 is 33.0 Å². The first kappa shape index (κ1) is 10.9. The molecule has 0 N–H and O–H groups in total. The van der Waals surface area contributed by atoms with Gasteiger partial charge in [0.25, 0.3) is 0 Å². The van der Waals surface area contributed by atoms with Gasteiger partial charge in [0, 0.05) is 26.7 Å². The summed E-state index contributed by atoms with van der Waals surface area (Å²) in [6, 6.07) is 0. The Labute approximate surface area is 91.3 Å². The molecule has 0 aliphatic heterocycles. The van der Waals surface area contributed by atoms with Crippen molar-refractivity contribution in [2.75, 3.05) is 0 Å². The van der Waals surface area contributed by atoms with E-state index in [9.17, 15) is 4.79 Å². The number of thiophene rings is 1. The molecule has 0 spiro atoms. The van der Waals surface area contributed by atoms with Crippen molar-refractivity contribution in [1.82, 2.24) is 0 Å². The lowest BCUT2D eigenvalue weighted by Gasteiger charge is -2.07. The van der Waals surface area contributed by atoms with Crippen LogP contribution in [0.2, 0.25) is 0 Å². The standard InChI is InChI=1S/C10H13BrOS/c1-3-4-7(2)10(12)8-5-13-6-9(8)11/h5-7H,3-4H2,1-2H3. The summed E-state index contributed by atoms with van der Waals surface area (Å²) in [5.41, 5.74) is 0.839. The minimum atomic E-state index is 0.149. The van der Waals surface area contributed by atoms with Gasteiger partial charge in [0.2, 0.25) is 0 Å². The lowest BCUT2D eigenvalue weighted by atomic mass is 9.97. The van der Waals surface area contributed by atoms with E-state index in [1.807, 2.05) is 17.7 Å². The Balaban J connectivity index is 2.73. The summed E-state index contributed by atoms with van der Waals surface area (Å²) in [5, 5.41) is 3.87. The Morgan fingerprint density at radius 2 is 2.31 bits per heavy atom. The molecule has 0 amide bonds. The molecule has 1 aromatic rings. The average molecular weight is 261 g/mol. The van der Waals surface area contributed by atoms with Gasteiger partial charge in [-0.3, -0.25) is 4.79 Å². The van der Waals surface area contributed by atoms with E-state index in [2.05, 4.69) is 22.9 Å². The topological polar surface area (TPSA) is 17.1 Å². The highest BCUT2D eigenvalue weighted by atomic mass is 79.9. The zero-order valence-corrected chi connectivity index (χ0v) is 10.2. The molecule has 1 heterocycles. The fourth-order valence-electron chi connectivity index (χ4n) is 1.29. The van der Waals surface area contributed by atoms with Gasteiger partial charge in [-0.15, -0.1) is 0 Å². The monoisotopic (exact) mass is 260 g/mol. The van der Waals surface area contributed by atoms with E-state index in [0.29, 0.717) is 0 Å². The van der Waals surface area contributed by atoms with Crippen LogP contribution in [-0.4, -0.2) is 5.78 Å². The fraction of sp³-hybridized carbons (Fsp3) is 0.500. The largest absolute Gasteiger partial charge is 0.294 e. The van der Waals surface area contributed by atoms with Gasteiger partial charge in [0.15, 0.2) is 5.78 Å². The molecule has 0 saturated carbocycles. The van der Waals surface area contributed by atoms with Gasteiger partial charge in [-0.05, 0) is 22.4 Å². The first-order chi connectivity index (χ1) is 6.16. The molecule has 1 unspecified atom stereocenters. The molecule has 72 valence electrons. The summed E-state index contributed by atoms with van der Waals surface area (Å²) in [6.07, 6.45) is 2.04. The number of Topliss-reactive ketones (excluding diaryl/α,β-unsaturated/α-hetero) is 1. The van der Waals surface area contributed by atoms with Crippen LogP contribution in [0.4, 0.5) is 0 Å². The van der Waals surface area contributed by atoms with Crippen molar-refractivity contribution in [1.29, 1.82) is 0 Å². The minimum absolute atomic E-state index is 0.149. The third-order valence-corrected chi connectivity index (χ3v) is 3.75. The Hall–Kier alpha value is -0.150. The van der Waals surface area contributed by atoms with Gasteiger partial charge in [-0.1, -0.05) is 20.3 Å². The average Bonchev–Trinajstić information content (AvgIpc) is 2.50. The molecule has 0 aromatic carbocycles. The molecule has 0 aliphatic rings. The summed E-state index contributed by atoms with van der Waals surface area (Å²) < 4.78 is 0.936. The van der Waals surface area contributed by atoms with E-state index in [0.717, 1.165) is 22.9 Å².